The van der Waals surface area contributed by atoms with E-state index in [4.69, 9.17) is 4.74 Å². The van der Waals surface area contributed by atoms with Crippen LogP contribution in [0.5, 0.6) is 0 Å². The zero-order chi connectivity index (χ0) is 23.9. The van der Waals surface area contributed by atoms with E-state index in [1.807, 2.05) is 49.4 Å². The van der Waals surface area contributed by atoms with Gasteiger partial charge in [0.1, 0.15) is 11.4 Å². The number of nitrogens with zero attached hydrogens (tertiary/aromatic N) is 2. The van der Waals surface area contributed by atoms with Gasteiger partial charge in [0.05, 0.1) is 6.54 Å². The first kappa shape index (κ1) is 22.6. The molecule has 2 heterocycles. The Kier molecular flexibility index (Phi) is 5.90. The van der Waals surface area contributed by atoms with Gasteiger partial charge in [-0.2, -0.15) is 0 Å². The van der Waals surface area contributed by atoms with E-state index in [0.29, 0.717) is 12.1 Å². The van der Waals surface area contributed by atoms with Gasteiger partial charge in [-0.05, 0) is 66.8 Å². The summed E-state index contributed by atoms with van der Waals surface area (Å²) in [6.07, 6.45) is 1.41. The number of amides is 1. The van der Waals surface area contributed by atoms with Gasteiger partial charge in [-0.1, -0.05) is 42.5 Å². The Morgan fingerprint density at radius 3 is 2.26 bits per heavy atom. The van der Waals surface area contributed by atoms with E-state index in [0.717, 1.165) is 60.4 Å². The van der Waals surface area contributed by atoms with Crippen molar-refractivity contribution in [2.75, 3.05) is 24.5 Å². The van der Waals surface area contributed by atoms with Gasteiger partial charge in [-0.25, -0.2) is 9.18 Å². The lowest BCUT2D eigenvalue weighted by atomic mass is 9.90. The van der Waals surface area contributed by atoms with Crippen LogP contribution >= 0.6 is 0 Å². The molecule has 2 fully saturated rings. The van der Waals surface area contributed by atoms with Crippen LogP contribution in [0.3, 0.4) is 0 Å². The first-order chi connectivity index (χ1) is 16.3. The molecule has 2 aliphatic rings. The molecule has 176 valence electrons. The summed E-state index contributed by atoms with van der Waals surface area (Å²) in [4.78, 5) is 16.7. The van der Waals surface area contributed by atoms with Crippen LogP contribution in [0.2, 0.25) is 0 Å². The standard InChI is InChI=1S/C29H31FN2O2/c1-20-9-10-25(26(30)15-20)27-21(2)16-23(17-22(27)3)18-31-13-11-29(12-14-31)19-32(28(33)34-29)24-7-5-4-6-8-24/h4-10,15-17H,11-14,18-19H2,1-3H3. The Bertz CT molecular complexity index is 1190. The molecular weight excluding hydrogens is 427 g/mol. The number of carbonyl (C=O) groups excluding carboxylic acids is 1. The Morgan fingerprint density at radius 1 is 0.941 bits per heavy atom. The van der Waals surface area contributed by atoms with Crippen molar-refractivity contribution in [1.82, 2.24) is 4.90 Å². The zero-order valence-electron chi connectivity index (χ0n) is 20.1. The fraction of sp³-hybridized carbons (Fsp3) is 0.345. The Balaban J connectivity index is 1.26. The lowest BCUT2D eigenvalue weighted by Gasteiger charge is -2.37. The van der Waals surface area contributed by atoms with Crippen molar-refractivity contribution in [3.05, 3.63) is 88.7 Å². The summed E-state index contributed by atoms with van der Waals surface area (Å²) in [5.74, 6) is -0.170. The second-order valence-electron chi connectivity index (χ2n) is 9.84. The number of anilines is 1. The summed E-state index contributed by atoms with van der Waals surface area (Å²) in [5.41, 5.74) is 6.48. The van der Waals surface area contributed by atoms with E-state index in [1.165, 1.54) is 5.56 Å². The third kappa shape index (κ3) is 4.32. The molecule has 3 aromatic carbocycles. The third-order valence-electron chi connectivity index (χ3n) is 7.20. The Labute approximate surface area is 201 Å². The quantitative estimate of drug-likeness (QED) is 0.453. The van der Waals surface area contributed by atoms with Crippen molar-refractivity contribution in [3.8, 4) is 11.1 Å². The van der Waals surface area contributed by atoms with Gasteiger partial charge in [0.15, 0.2) is 0 Å². The number of piperidine rings is 1. The molecule has 5 rings (SSSR count). The maximum atomic E-state index is 14.6. The molecule has 1 spiro atoms. The molecule has 0 saturated carbocycles. The minimum Gasteiger partial charge on any atom is -0.441 e. The number of ether oxygens (including phenoxy) is 1. The highest BCUT2D eigenvalue weighted by atomic mass is 19.1. The van der Waals surface area contributed by atoms with E-state index in [9.17, 15) is 9.18 Å². The molecule has 0 aromatic heterocycles. The van der Waals surface area contributed by atoms with Crippen molar-refractivity contribution < 1.29 is 13.9 Å². The lowest BCUT2D eigenvalue weighted by Crippen LogP contribution is -2.46. The number of aryl methyl sites for hydroxylation is 3. The average molecular weight is 459 g/mol. The fourth-order valence-corrected chi connectivity index (χ4v) is 5.46. The van der Waals surface area contributed by atoms with Crippen LogP contribution in [-0.2, 0) is 11.3 Å². The number of rotatable bonds is 4. The monoisotopic (exact) mass is 458 g/mol. The summed E-state index contributed by atoms with van der Waals surface area (Å²) in [6.45, 7) is 9.23. The second kappa shape index (κ2) is 8.88. The largest absolute Gasteiger partial charge is 0.441 e. The Morgan fingerprint density at radius 2 is 1.62 bits per heavy atom. The number of hydrogen-bond acceptors (Lipinski definition) is 3. The van der Waals surface area contributed by atoms with Gasteiger partial charge in [-0.3, -0.25) is 9.80 Å². The number of hydrogen-bond donors (Lipinski definition) is 0. The molecule has 2 saturated heterocycles. The first-order valence-corrected chi connectivity index (χ1v) is 12.0. The summed E-state index contributed by atoms with van der Waals surface area (Å²) in [6, 6.07) is 19.5. The zero-order valence-corrected chi connectivity index (χ0v) is 20.1. The first-order valence-electron chi connectivity index (χ1n) is 12.0. The highest BCUT2D eigenvalue weighted by molar-refractivity contribution is 5.90. The van der Waals surface area contributed by atoms with Gasteiger partial charge in [-0.15, -0.1) is 0 Å². The molecule has 5 heteroatoms. The number of benzene rings is 3. The molecule has 0 bridgehead atoms. The van der Waals surface area contributed by atoms with E-state index in [1.54, 1.807) is 11.0 Å². The maximum Gasteiger partial charge on any atom is 0.415 e. The van der Waals surface area contributed by atoms with Gasteiger partial charge < -0.3 is 4.74 Å². The molecule has 0 unspecified atom stereocenters. The molecule has 0 radical (unpaired) electrons. The molecule has 1 amide bonds. The molecule has 34 heavy (non-hydrogen) atoms. The molecule has 4 nitrogen and oxygen atoms in total. The lowest BCUT2D eigenvalue weighted by molar-refractivity contribution is -0.000979. The van der Waals surface area contributed by atoms with Crippen LogP contribution in [-0.4, -0.2) is 36.2 Å². The van der Waals surface area contributed by atoms with Gasteiger partial charge in [0, 0.05) is 43.7 Å². The van der Waals surface area contributed by atoms with Crippen LogP contribution in [0.4, 0.5) is 14.9 Å². The molecule has 0 aliphatic carbocycles. The highest BCUT2D eigenvalue weighted by Crippen LogP contribution is 2.36. The van der Waals surface area contributed by atoms with Crippen molar-refractivity contribution in [3.63, 3.8) is 0 Å². The SMILES string of the molecule is Cc1ccc(-c2c(C)cc(CN3CCC4(CC3)CN(c3ccccc3)C(=O)O4)cc2C)c(F)c1. The fourth-order valence-electron chi connectivity index (χ4n) is 5.46. The minimum absolute atomic E-state index is 0.170. The highest BCUT2D eigenvalue weighted by Gasteiger charge is 2.47. The van der Waals surface area contributed by atoms with Crippen molar-refractivity contribution >= 4 is 11.8 Å². The van der Waals surface area contributed by atoms with Crippen LogP contribution in [0, 0.1) is 26.6 Å². The number of likely N-dealkylation sites (tertiary alicyclic amines) is 1. The average Bonchev–Trinajstić information content (AvgIpc) is 3.13. The predicted octanol–water partition coefficient (Wildman–Crippen LogP) is 6.41. The van der Waals surface area contributed by atoms with Gasteiger partial charge >= 0.3 is 6.09 Å². The Hall–Kier alpha value is -3.18. The van der Waals surface area contributed by atoms with E-state index < -0.39 is 5.60 Å². The molecular formula is C29H31FN2O2. The normalized spacial score (nSPS) is 17.9. The van der Waals surface area contributed by atoms with E-state index >= 15 is 0 Å². The summed E-state index contributed by atoms with van der Waals surface area (Å²) in [5, 5.41) is 0. The van der Waals surface area contributed by atoms with Gasteiger partial charge in [0.25, 0.3) is 0 Å². The molecule has 2 aliphatic heterocycles. The van der Waals surface area contributed by atoms with Crippen LogP contribution in [0.25, 0.3) is 11.1 Å². The second-order valence-corrected chi connectivity index (χ2v) is 9.84. The summed E-state index contributed by atoms with van der Waals surface area (Å²) >= 11 is 0. The number of halogens is 1. The van der Waals surface area contributed by atoms with Crippen molar-refractivity contribution in [2.45, 2.75) is 45.8 Å². The number of carbonyl (C=O) groups is 1. The summed E-state index contributed by atoms with van der Waals surface area (Å²) in [7, 11) is 0. The van der Waals surface area contributed by atoms with Crippen molar-refractivity contribution in [2.24, 2.45) is 0 Å². The van der Waals surface area contributed by atoms with Crippen molar-refractivity contribution in [1.29, 1.82) is 0 Å². The summed E-state index contributed by atoms with van der Waals surface area (Å²) < 4.78 is 20.5. The maximum absolute atomic E-state index is 14.6. The van der Waals surface area contributed by atoms with E-state index in [2.05, 4.69) is 30.9 Å². The predicted molar refractivity (Wildman–Crippen MR) is 134 cm³/mol. The molecule has 0 atom stereocenters. The van der Waals surface area contributed by atoms with Crippen LogP contribution < -0.4 is 4.90 Å². The minimum atomic E-state index is -0.401. The third-order valence-corrected chi connectivity index (χ3v) is 7.20. The van der Waals surface area contributed by atoms with E-state index in [-0.39, 0.29) is 11.9 Å². The number of para-hydroxylation sites is 1. The smallest absolute Gasteiger partial charge is 0.415 e. The van der Waals surface area contributed by atoms with Crippen LogP contribution in [0.15, 0.2) is 60.7 Å². The topological polar surface area (TPSA) is 32.8 Å². The van der Waals surface area contributed by atoms with Crippen LogP contribution in [0.1, 0.15) is 35.1 Å². The van der Waals surface area contributed by atoms with Gasteiger partial charge in [0.2, 0.25) is 0 Å². The molecule has 3 aromatic rings. The molecule has 0 N–H and O–H groups in total.